The Labute approximate surface area is 85.5 Å². The molecular weight excluding hydrogens is 180 g/mol. The summed E-state index contributed by atoms with van der Waals surface area (Å²) in [6.45, 7) is 5.15. The van der Waals surface area contributed by atoms with E-state index in [1.54, 1.807) is 0 Å². The lowest BCUT2D eigenvalue weighted by molar-refractivity contribution is 0.283. The van der Waals surface area contributed by atoms with Gasteiger partial charge < -0.3 is 4.74 Å². The third-order valence-corrected chi connectivity index (χ3v) is 2.19. The van der Waals surface area contributed by atoms with Gasteiger partial charge in [0.05, 0.1) is 6.61 Å². The molecule has 2 heteroatoms. The van der Waals surface area contributed by atoms with Crippen molar-refractivity contribution in [2.45, 2.75) is 25.2 Å². The fourth-order valence-corrected chi connectivity index (χ4v) is 1.21. The van der Waals surface area contributed by atoms with Gasteiger partial charge in [0, 0.05) is 4.90 Å². The summed E-state index contributed by atoms with van der Waals surface area (Å²) in [4.78, 5) is 0.909. The van der Waals surface area contributed by atoms with Gasteiger partial charge in [-0.15, -0.1) is 12.6 Å². The van der Waals surface area contributed by atoms with Crippen LogP contribution in [0.15, 0.2) is 29.2 Å². The number of rotatable bonds is 4. The van der Waals surface area contributed by atoms with E-state index in [1.807, 2.05) is 24.3 Å². The minimum absolute atomic E-state index is 0.687. The second-order valence-electron chi connectivity index (χ2n) is 3.50. The van der Waals surface area contributed by atoms with Gasteiger partial charge in [0.25, 0.3) is 0 Å². The summed E-state index contributed by atoms with van der Waals surface area (Å²) in [7, 11) is 0. The maximum absolute atomic E-state index is 5.57. The molecule has 0 fully saturated rings. The van der Waals surface area contributed by atoms with Crippen LogP contribution >= 0.6 is 12.6 Å². The molecule has 0 N–H and O–H groups in total. The molecule has 0 aliphatic carbocycles. The zero-order valence-electron chi connectivity index (χ0n) is 8.16. The maximum atomic E-state index is 5.57. The van der Waals surface area contributed by atoms with Crippen LogP contribution in [-0.4, -0.2) is 6.61 Å². The molecule has 0 bridgehead atoms. The highest BCUT2D eigenvalue weighted by atomic mass is 32.1. The molecule has 0 atom stereocenters. The number of thiol groups is 1. The Balaban J connectivity index is 2.41. The average molecular weight is 196 g/mol. The Morgan fingerprint density at radius 1 is 1.31 bits per heavy atom. The molecule has 0 aromatic heterocycles. The second kappa shape index (κ2) is 5.18. The molecule has 0 saturated heterocycles. The van der Waals surface area contributed by atoms with E-state index in [2.05, 4.69) is 26.5 Å². The topological polar surface area (TPSA) is 9.23 Å². The third kappa shape index (κ3) is 3.73. The van der Waals surface area contributed by atoms with E-state index in [0.29, 0.717) is 5.92 Å². The number of benzene rings is 1. The Hall–Kier alpha value is -0.630. The highest BCUT2D eigenvalue weighted by Crippen LogP contribution is 2.21. The lowest BCUT2D eigenvalue weighted by atomic mass is 10.1. The lowest BCUT2D eigenvalue weighted by Crippen LogP contribution is -2.01. The molecule has 13 heavy (non-hydrogen) atoms. The van der Waals surface area contributed by atoms with Crippen molar-refractivity contribution in [3.8, 4) is 5.75 Å². The SMILES string of the molecule is CC(C)CCOc1ccccc1S. The van der Waals surface area contributed by atoms with Crippen LogP contribution in [0.4, 0.5) is 0 Å². The first-order valence-electron chi connectivity index (χ1n) is 4.61. The van der Waals surface area contributed by atoms with Crippen molar-refractivity contribution in [3.63, 3.8) is 0 Å². The van der Waals surface area contributed by atoms with Crippen molar-refractivity contribution in [2.75, 3.05) is 6.61 Å². The summed E-state index contributed by atoms with van der Waals surface area (Å²) >= 11 is 4.30. The van der Waals surface area contributed by atoms with Crippen molar-refractivity contribution in [1.82, 2.24) is 0 Å². The first-order chi connectivity index (χ1) is 6.20. The summed E-state index contributed by atoms with van der Waals surface area (Å²) in [6.07, 6.45) is 1.09. The van der Waals surface area contributed by atoms with Gasteiger partial charge in [0.1, 0.15) is 5.75 Å². The van der Waals surface area contributed by atoms with Crippen LogP contribution in [0.1, 0.15) is 20.3 Å². The van der Waals surface area contributed by atoms with Crippen LogP contribution in [-0.2, 0) is 0 Å². The maximum Gasteiger partial charge on any atom is 0.132 e. The standard InChI is InChI=1S/C11H16OS/c1-9(2)7-8-12-10-5-3-4-6-11(10)13/h3-6,9,13H,7-8H2,1-2H3. The summed E-state index contributed by atoms with van der Waals surface area (Å²) in [6, 6.07) is 7.80. The molecule has 0 spiro atoms. The van der Waals surface area contributed by atoms with Gasteiger partial charge in [-0.1, -0.05) is 26.0 Å². The van der Waals surface area contributed by atoms with Crippen molar-refractivity contribution < 1.29 is 4.74 Å². The zero-order chi connectivity index (χ0) is 9.68. The summed E-state index contributed by atoms with van der Waals surface area (Å²) in [5.41, 5.74) is 0. The summed E-state index contributed by atoms with van der Waals surface area (Å²) < 4.78 is 5.57. The average Bonchev–Trinajstić information content (AvgIpc) is 2.08. The van der Waals surface area contributed by atoms with Gasteiger partial charge in [0.15, 0.2) is 0 Å². The van der Waals surface area contributed by atoms with Gasteiger partial charge in [-0.3, -0.25) is 0 Å². The zero-order valence-corrected chi connectivity index (χ0v) is 9.05. The Morgan fingerprint density at radius 3 is 2.62 bits per heavy atom. The number of para-hydroxylation sites is 1. The highest BCUT2D eigenvalue weighted by Gasteiger charge is 1.99. The predicted octanol–water partition coefficient (Wildman–Crippen LogP) is 3.40. The molecule has 0 aliphatic rings. The molecule has 0 amide bonds. The fourth-order valence-electron chi connectivity index (χ4n) is 0.984. The van der Waals surface area contributed by atoms with Gasteiger partial charge in [0.2, 0.25) is 0 Å². The van der Waals surface area contributed by atoms with Gasteiger partial charge >= 0.3 is 0 Å². The smallest absolute Gasteiger partial charge is 0.132 e. The summed E-state index contributed by atoms with van der Waals surface area (Å²) in [5.74, 6) is 1.57. The van der Waals surface area contributed by atoms with Crippen LogP contribution in [0.3, 0.4) is 0 Å². The van der Waals surface area contributed by atoms with E-state index in [4.69, 9.17) is 4.74 Å². The first kappa shape index (κ1) is 10.5. The molecule has 0 heterocycles. The lowest BCUT2D eigenvalue weighted by Gasteiger charge is -2.09. The first-order valence-corrected chi connectivity index (χ1v) is 5.05. The van der Waals surface area contributed by atoms with Gasteiger partial charge in [-0.2, -0.15) is 0 Å². The minimum atomic E-state index is 0.687. The number of ether oxygens (including phenoxy) is 1. The van der Waals surface area contributed by atoms with Gasteiger partial charge in [-0.05, 0) is 24.5 Å². The van der Waals surface area contributed by atoms with Crippen LogP contribution in [0.25, 0.3) is 0 Å². The van der Waals surface area contributed by atoms with Crippen molar-refractivity contribution >= 4 is 12.6 Å². The van der Waals surface area contributed by atoms with E-state index in [-0.39, 0.29) is 0 Å². The van der Waals surface area contributed by atoms with Crippen molar-refractivity contribution in [2.24, 2.45) is 5.92 Å². The fraction of sp³-hybridized carbons (Fsp3) is 0.455. The monoisotopic (exact) mass is 196 g/mol. The van der Waals surface area contributed by atoms with Crippen LogP contribution < -0.4 is 4.74 Å². The third-order valence-electron chi connectivity index (χ3n) is 1.82. The molecule has 1 nitrogen and oxygen atoms in total. The summed E-state index contributed by atoms with van der Waals surface area (Å²) in [5, 5.41) is 0. The van der Waals surface area contributed by atoms with Crippen LogP contribution in [0.5, 0.6) is 5.75 Å². The largest absolute Gasteiger partial charge is 0.492 e. The molecule has 72 valence electrons. The van der Waals surface area contributed by atoms with E-state index in [1.165, 1.54) is 0 Å². The molecular formula is C11H16OS. The molecule has 0 saturated carbocycles. The Kier molecular flexibility index (Phi) is 4.16. The van der Waals surface area contributed by atoms with E-state index in [0.717, 1.165) is 23.7 Å². The number of hydrogen-bond donors (Lipinski definition) is 1. The Morgan fingerprint density at radius 2 is 2.00 bits per heavy atom. The molecule has 1 aromatic carbocycles. The van der Waals surface area contributed by atoms with E-state index in [9.17, 15) is 0 Å². The van der Waals surface area contributed by atoms with Crippen molar-refractivity contribution in [3.05, 3.63) is 24.3 Å². The predicted molar refractivity (Wildman–Crippen MR) is 58.6 cm³/mol. The molecule has 1 rings (SSSR count). The molecule has 0 unspecified atom stereocenters. The van der Waals surface area contributed by atoms with E-state index >= 15 is 0 Å². The molecule has 0 aliphatic heterocycles. The minimum Gasteiger partial charge on any atom is -0.492 e. The number of hydrogen-bond acceptors (Lipinski definition) is 2. The second-order valence-corrected chi connectivity index (χ2v) is 3.98. The quantitative estimate of drug-likeness (QED) is 0.726. The van der Waals surface area contributed by atoms with Crippen molar-refractivity contribution in [1.29, 1.82) is 0 Å². The van der Waals surface area contributed by atoms with Crippen LogP contribution in [0.2, 0.25) is 0 Å². The van der Waals surface area contributed by atoms with Crippen LogP contribution in [0, 0.1) is 5.92 Å². The van der Waals surface area contributed by atoms with Gasteiger partial charge in [-0.25, -0.2) is 0 Å². The molecule has 1 aromatic rings. The van der Waals surface area contributed by atoms with E-state index < -0.39 is 0 Å². The normalized spacial score (nSPS) is 10.5. The molecule has 0 radical (unpaired) electrons. The Bertz CT molecular complexity index is 258. The highest BCUT2D eigenvalue weighted by molar-refractivity contribution is 7.80.